The molecule has 0 aromatic carbocycles. The summed E-state index contributed by atoms with van der Waals surface area (Å²) in [6, 6.07) is 0. The van der Waals surface area contributed by atoms with Gasteiger partial charge in [0.1, 0.15) is 0 Å². The van der Waals surface area contributed by atoms with E-state index in [0.29, 0.717) is 19.6 Å². The Kier molecular flexibility index (Phi) is 25.6. The van der Waals surface area contributed by atoms with Crippen LogP contribution in [0.5, 0.6) is 0 Å². The first-order valence-electron chi connectivity index (χ1n) is 12.8. The third-order valence-electron chi connectivity index (χ3n) is 4.75. The number of rotatable bonds is 22. The number of allylic oxidation sites excluding steroid dienone is 10. The van der Waals surface area contributed by atoms with E-state index in [4.69, 9.17) is 9.47 Å². The largest absolute Gasteiger partial charge is 0.466 e. The molecule has 0 rings (SSSR count). The average molecular weight is 445 g/mol. The fourth-order valence-corrected chi connectivity index (χ4v) is 2.84. The quantitative estimate of drug-likeness (QED) is 0.0954. The number of esters is 1. The first-order valence-corrected chi connectivity index (χ1v) is 12.8. The van der Waals surface area contributed by atoms with Gasteiger partial charge in [-0.2, -0.15) is 0 Å². The van der Waals surface area contributed by atoms with Crippen molar-refractivity contribution in [2.45, 2.75) is 97.3 Å². The number of carbonyl (C=O) groups is 1. The van der Waals surface area contributed by atoms with E-state index in [1.165, 1.54) is 0 Å². The van der Waals surface area contributed by atoms with Crippen molar-refractivity contribution >= 4 is 5.97 Å². The summed E-state index contributed by atoms with van der Waals surface area (Å²) in [7, 11) is 0. The van der Waals surface area contributed by atoms with Crippen molar-refractivity contribution in [2.75, 3.05) is 19.8 Å². The van der Waals surface area contributed by atoms with Crippen molar-refractivity contribution in [2.24, 2.45) is 0 Å². The average Bonchev–Trinajstić information content (AvgIpc) is 2.80. The summed E-state index contributed by atoms with van der Waals surface area (Å²) in [6.07, 6.45) is 35.1. The van der Waals surface area contributed by atoms with Gasteiger partial charge in [0.25, 0.3) is 0 Å². The highest BCUT2D eigenvalue weighted by Gasteiger charge is 2.02. The third-order valence-corrected chi connectivity index (χ3v) is 4.75. The highest BCUT2D eigenvalue weighted by atomic mass is 16.5. The lowest BCUT2D eigenvalue weighted by atomic mass is 10.1. The van der Waals surface area contributed by atoms with Crippen LogP contribution in [0.4, 0.5) is 0 Å². The molecule has 0 heterocycles. The van der Waals surface area contributed by atoms with Gasteiger partial charge in [-0.3, -0.25) is 4.79 Å². The van der Waals surface area contributed by atoms with Gasteiger partial charge in [-0.1, -0.05) is 87.4 Å². The van der Waals surface area contributed by atoms with Crippen LogP contribution in [-0.4, -0.2) is 25.8 Å². The van der Waals surface area contributed by atoms with Crippen molar-refractivity contribution in [3.05, 3.63) is 60.8 Å². The van der Waals surface area contributed by atoms with E-state index in [9.17, 15) is 4.79 Å². The van der Waals surface area contributed by atoms with Crippen LogP contribution in [0.1, 0.15) is 97.3 Å². The number of hydrogen-bond acceptors (Lipinski definition) is 3. The monoisotopic (exact) mass is 444 g/mol. The van der Waals surface area contributed by atoms with Gasteiger partial charge in [0.15, 0.2) is 0 Å². The zero-order valence-electron chi connectivity index (χ0n) is 20.8. The van der Waals surface area contributed by atoms with Gasteiger partial charge in [-0.25, -0.2) is 0 Å². The molecule has 0 aliphatic heterocycles. The standard InChI is InChI=1S/C29H48O3/c1-3-5-7-8-9-10-11-12-13-14-15-16-17-18-19-20-21-22-23-25-29(30)32-28-24-27-31-26-6-4-2/h5,7,9-10,12-13,15-16,18-19H,3-4,6,8,11,14,17,20-28H2,1-2H3/b7-5-,10-9-,13-12-,16-15-,19-18-. The van der Waals surface area contributed by atoms with Crippen LogP contribution >= 0.6 is 0 Å². The second-order valence-corrected chi connectivity index (χ2v) is 7.85. The zero-order valence-corrected chi connectivity index (χ0v) is 20.8. The minimum absolute atomic E-state index is 0.0755. The molecule has 0 amide bonds. The van der Waals surface area contributed by atoms with E-state index in [-0.39, 0.29) is 5.97 Å². The summed E-state index contributed by atoms with van der Waals surface area (Å²) < 4.78 is 10.7. The summed E-state index contributed by atoms with van der Waals surface area (Å²) in [5, 5.41) is 0. The van der Waals surface area contributed by atoms with Crippen LogP contribution in [0.15, 0.2) is 60.8 Å². The van der Waals surface area contributed by atoms with E-state index in [1.807, 2.05) is 0 Å². The SMILES string of the molecule is CC/C=C\C/C=C\C/C=C\C/C=C\C/C=C\CCCCCC(=O)OCCCOCCCC. The Labute approximate surface area is 198 Å². The van der Waals surface area contributed by atoms with Crippen LogP contribution in [0.2, 0.25) is 0 Å². The lowest BCUT2D eigenvalue weighted by molar-refractivity contribution is -0.144. The van der Waals surface area contributed by atoms with E-state index in [2.05, 4.69) is 74.6 Å². The highest BCUT2D eigenvalue weighted by Crippen LogP contribution is 2.06. The number of unbranched alkanes of at least 4 members (excludes halogenated alkanes) is 4. The summed E-state index contributed by atoms with van der Waals surface area (Å²) in [4.78, 5) is 11.7. The van der Waals surface area contributed by atoms with Crippen molar-refractivity contribution in [3.8, 4) is 0 Å². The van der Waals surface area contributed by atoms with Crippen LogP contribution in [0.25, 0.3) is 0 Å². The number of ether oxygens (including phenoxy) is 2. The molecular formula is C29H48O3. The minimum atomic E-state index is -0.0755. The summed E-state index contributed by atoms with van der Waals surface area (Å²) in [6.45, 7) is 6.27. The molecular weight excluding hydrogens is 396 g/mol. The summed E-state index contributed by atoms with van der Waals surface area (Å²) in [5.41, 5.74) is 0. The first kappa shape index (κ1) is 30.1. The van der Waals surface area contributed by atoms with Crippen molar-refractivity contribution in [1.29, 1.82) is 0 Å². The first-order chi connectivity index (χ1) is 15.8. The molecule has 0 saturated carbocycles. The van der Waals surface area contributed by atoms with Crippen molar-refractivity contribution < 1.29 is 14.3 Å². The molecule has 0 spiro atoms. The Bertz CT molecular complexity index is 541. The molecule has 0 saturated heterocycles. The van der Waals surface area contributed by atoms with E-state index in [0.717, 1.165) is 83.7 Å². The fraction of sp³-hybridized carbons (Fsp3) is 0.621. The molecule has 0 aromatic heterocycles. The normalized spacial score (nSPS) is 12.4. The predicted molar refractivity (Wildman–Crippen MR) is 139 cm³/mol. The van der Waals surface area contributed by atoms with E-state index in [1.54, 1.807) is 0 Å². The summed E-state index contributed by atoms with van der Waals surface area (Å²) >= 11 is 0. The van der Waals surface area contributed by atoms with Gasteiger partial charge in [0.2, 0.25) is 0 Å². The predicted octanol–water partition coefficient (Wildman–Crippen LogP) is 8.44. The van der Waals surface area contributed by atoms with Gasteiger partial charge >= 0.3 is 5.97 Å². The molecule has 0 atom stereocenters. The Morgan fingerprint density at radius 2 is 1.16 bits per heavy atom. The van der Waals surface area contributed by atoms with Crippen molar-refractivity contribution in [1.82, 2.24) is 0 Å². The smallest absolute Gasteiger partial charge is 0.305 e. The minimum Gasteiger partial charge on any atom is -0.466 e. The second-order valence-electron chi connectivity index (χ2n) is 7.85. The topological polar surface area (TPSA) is 35.5 Å². The molecule has 0 aromatic rings. The van der Waals surface area contributed by atoms with E-state index < -0.39 is 0 Å². The van der Waals surface area contributed by atoms with E-state index >= 15 is 0 Å². The highest BCUT2D eigenvalue weighted by molar-refractivity contribution is 5.69. The summed E-state index contributed by atoms with van der Waals surface area (Å²) in [5.74, 6) is -0.0755. The molecule has 0 N–H and O–H groups in total. The molecule has 3 nitrogen and oxygen atoms in total. The molecule has 0 bridgehead atoms. The second kappa shape index (κ2) is 27.2. The Morgan fingerprint density at radius 1 is 0.594 bits per heavy atom. The zero-order chi connectivity index (χ0) is 23.4. The molecule has 0 radical (unpaired) electrons. The lowest BCUT2D eigenvalue weighted by Gasteiger charge is -2.05. The maximum absolute atomic E-state index is 11.7. The Hall–Kier alpha value is -1.87. The molecule has 0 fully saturated rings. The Balaban J connectivity index is 3.41. The van der Waals surface area contributed by atoms with Crippen LogP contribution in [-0.2, 0) is 14.3 Å². The molecule has 0 unspecified atom stereocenters. The van der Waals surface area contributed by atoms with Crippen LogP contribution in [0, 0.1) is 0 Å². The van der Waals surface area contributed by atoms with Crippen LogP contribution < -0.4 is 0 Å². The molecule has 32 heavy (non-hydrogen) atoms. The number of hydrogen-bond donors (Lipinski definition) is 0. The lowest BCUT2D eigenvalue weighted by Crippen LogP contribution is -2.08. The van der Waals surface area contributed by atoms with Gasteiger partial charge in [-0.15, -0.1) is 0 Å². The number of carbonyl (C=O) groups excluding carboxylic acids is 1. The molecule has 0 aliphatic carbocycles. The van der Waals surface area contributed by atoms with Gasteiger partial charge in [-0.05, 0) is 57.8 Å². The maximum atomic E-state index is 11.7. The molecule has 182 valence electrons. The third kappa shape index (κ3) is 26.2. The van der Waals surface area contributed by atoms with Gasteiger partial charge < -0.3 is 9.47 Å². The van der Waals surface area contributed by atoms with Gasteiger partial charge in [0.05, 0.1) is 6.61 Å². The molecule has 3 heteroatoms. The van der Waals surface area contributed by atoms with Gasteiger partial charge in [0, 0.05) is 26.1 Å². The van der Waals surface area contributed by atoms with Crippen LogP contribution in [0.3, 0.4) is 0 Å². The maximum Gasteiger partial charge on any atom is 0.305 e. The van der Waals surface area contributed by atoms with Crippen molar-refractivity contribution in [3.63, 3.8) is 0 Å². The molecule has 0 aliphatic rings. The fourth-order valence-electron chi connectivity index (χ4n) is 2.84. The Morgan fingerprint density at radius 3 is 1.75 bits per heavy atom.